The van der Waals surface area contributed by atoms with Gasteiger partial charge in [-0.1, -0.05) is 19.3 Å². The molecule has 124 valence electrons. The SMILES string of the molecule is N#CC1(C(=O)NCCc2csc(N3CCCC3)n2)CCCCC1. The number of aromatic nitrogens is 1. The van der Waals surface area contributed by atoms with Crippen molar-refractivity contribution in [2.24, 2.45) is 5.41 Å². The molecule has 0 radical (unpaired) electrons. The van der Waals surface area contributed by atoms with Crippen LogP contribution in [0, 0.1) is 16.7 Å². The fraction of sp³-hybridized carbons (Fsp3) is 0.706. The third kappa shape index (κ3) is 3.66. The summed E-state index contributed by atoms with van der Waals surface area (Å²) in [6.07, 6.45) is 7.73. The van der Waals surface area contributed by atoms with Gasteiger partial charge in [0, 0.05) is 31.4 Å². The Balaban J connectivity index is 1.49. The molecule has 2 heterocycles. The Morgan fingerprint density at radius 1 is 1.30 bits per heavy atom. The van der Waals surface area contributed by atoms with Gasteiger partial charge in [-0.25, -0.2) is 4.98 Å². The number of anilines is 1. The zero-order chi connectivity index (χ0) is 16.1. The molecule has 2 aliphatic rings. The predicted molar refractivity (Wildman–Crippen MR) is 91.4 cm³/mol. The van der Waals surface area contributed by atoms with Gasteiger partial charge in [0.2, 0.25) is 5.91 Å². The molecule has 1 aromatic heterocycles. The van der Waals surface area contributed by atoms with Crippen LogP contribution in [0.1, 0.15) is 50.6 Å². The van der Waals surface area contributed by atoms with E-state index in [1.165, 1.54) is 12.8 Å². The molecule has 0 bridgehead atoms. The highest BCUT2D eigenvalue weighted by Crippen LogP contribution is 2.35. The number of rotatable bonds is 5. The summed E-state index contributed by atoms with van der Waals surface area (Å²) in [4.78, 5) is 19.4. The Labute approximate surface area is 141 Å². The number of hydrogen-bond acceptors (Lipinski definition) is 5. The number of nitriles is 1. The molecule has 23 heavy (non-hydrogen) atoms. The number of hydrogen-bond donors (Lipinski definition) is 1. The van der Waals surface area contributed by atoms with Gasteiger partial charge >= 0.3 is 0 Å². The van der Waals surface area contributed by atoms with Gasteiger partial charge in [-0.05, 0) is 25.7 Å². The molecule has 1 aliphatic carbocycles. The standard InChI is InChI=1S/C17H24N4OS/c18-13-17(7-2-1-3-8-17)15(22)19-9-6-14-12-23-16(20-14)21-10-4-5-11-21/h12H,1-11H2,(H,19,22). The van der Waals surface area contributed by atoms with Crippen LogP contribution >= 0.6 is 11.3 Å². The van der Waals surface area contributed by atoms with E-state index in [1.807, 2.05) is 0 Å². The van der Waals surface area contributed by atoms with Crippen LogP contribution in [0.2, 0.25) is 0 Å². The van der Waals surface area contributed by atoms with Gasteiger partial charge in [-0.2, -0.15) is 5.26 Å². The van der Waals surface area contributed by atoms with Crippen LogP contribution in [0.4, 0.5) is 5.13 Å². The van der Waals surface area contributed by atoms with Gasteiger partial charge in [0.05, 0.1) is 11.8 Å². The highest BCUT2D eigenvalue weighted by molar-refractivity contribution is 7.13. The lowest BCUT2D eigenvalue weighted by Gasteiger charge is -2.29. The normalized spacial score (nSPS) is 20.2. The van der Waals surface area contributed by atoms with Crippen LogP contribution in [0.15, 0.2) is 5.38 Å². The van der Waals surface area contributed by atoms with E-state index >= 15 is 0 Å². The lowest BCUT2D eigenvalue weighted by Crippen LogP contribution is -2.42. The Morgan fingerprint density at radius 2 is 2.04 bits per heavy atom. The first-order valence-corrected chi connectivity index (χ1v) is 9.50. The number of amides is 1. The number of carbonyl (C=O) groups is 1. The van der Waals surface area contributed by atoms with Crippen LogP contribution in [0.3, 0.4) is 0 Å². The highest BCUT2D eigenvalue weighted by Gasteiger charge is 2.39. The predicted octanol–water partition coefficient (Wildman–Crippen LogP) is 2.88. The third-order valence-corrected chi connectivity index (χ3v) is 5.89. The molecule has 1 saturated carbocycles. The van der Waals surface area contributed by atoms with Crippen molar-refractivity contribution in [1.29, 1.82) is 5.26 Å². The minimum atomic E-state index is -0.791. The maximum Gasteiger partial charge on any atom is 0.240 e. The van der Waals surface area contributed by atoms with Crippen LogP contribution in [-0.2, 0) is 11.2 Å². The summed E-state index contributed by atoms with van der Waals surface area (Å²) in [5.74, 6) is -0.0882. The second kappa shape index (κ2) is 7.31. The van der Waals surface area contributed by atoms with Crippen molar-refractivity contribution < 1.29 is 4.79 Å². The van der Waals surface area contributed by atoms with Crippen molar-refractivity contribution in [2.45, 2.75) is 51.4 Å². The molecular weight excluding hydrogens is 308 g/mol. The van der Waals surface area contributed by atoms with Gasteiger partial charge in [0.15, 0.2) is 5.13 Å². The fourth-order valence-electron chi connectivity index (χ4n) is 3.48. The minimum Gasteiger partial charge on any atom is -0.354 e. The smallest absolute Gasteiger partial charge is 0.240 e. The fourth-order valence-corrected chi connectivity index (χ4v) is 4.40. The molecule has 0 unspecified atom stereocenters. The minimum absolute atomic E-state index is 0.0882. The van der Waals surface area contributed by atoms with E-state index in [9.17, 15) is 10.1 Å². The van der Waals surface area contributed by atoms with Crippen LogP contribution < -0.4 is 10.2 Å². The van der Waals surface area contributed by atoms with Crippen LogP contribution in [0.25, 0.3) is 0 Å². The van der Waals surface area contributed by atoms with Crippen molar-refractivity contribution >= 4 is 22.4 Å². The molecule has 0 spiro atoms. The van der Waals surface area contributed by atoms with E-state index in [0.717, 1.165) is 49.6 Å². The Hall–Kier alpha value is -1.61. The first-order valence-electron chi connectivity index (χ1n) is 8.62. The molecule has 0 aromatic carbocycles. The summed E-state index contributed by atoms with van der Waals surface area (Å²) in [5.41, 5.74) is 0.243. The molecule has 1 N–H and O–H groups in total. The second-order valence-corrected chi connectivity index (χ2v) is 7.41. The molecule has 1 saturated heterocycles. The number of thiazole rings is 1. The van der Waals surface area contributed by atoms with E-state index in [-0.39, 0.29) is 5.91 Å². The topological polar surface area (TPSA) is 69.0 Å². The van der Waals surface area contributed by atoms with Crippen molar-refractivity contribution in [3.63, 3.8) is 0 Å². The summed E-state index contributed by atoms with van der Waals surface area (Å²) < 4.78 is 0. The Bertz CT molecular complexity index is 580. The van der Waals surface area contributed by atoms with Gasteiger partial charge < -0.3 is 10.2 Å². The maximum absolute atomic E-state index is 12.4. The lowest BCUT2D eigenvalue weighted by molar-refractivity contribution is -0.129. The number of carbonyl (C=O) groups excluding carboxylic acids is 1. The van der Waals surface area contributed by atoms with Crippen LogP contribution in [0.5, 0.6) is 0 Å². The summed E-state index contributed by atoms with van der Waals surface area (Å²) in [5, 5.41) is 15.6. The summed E-state index contributed by atoms with van der Waals surface area (Å²) in [6.45, 7) is 2.77. The second-order valence-electron chi connectivity index (χ2n) is 6.58. The Morgan fingerprint density at radius 3 is 2.74 bits per heavy atom. The summed E-state index contributed by atoms with van der Waals surface area (Å²) in [6, 6.07) is 2.27. The van der Waals surface area contributed by atoms with Crippen molar-refractivity contribution in [2.75, 3.05) is 24.5 Å². The van der Waals surface area contributed by atoms with Crippen molar-refractivity contribution in [1.82, 2.24) is 10.3 Å². The van der Waals surface area contributed by atoms with Gasteiger partial charge in [-0.3, -0.25) is 4.79 Å². The third-order valence-electron chi connectivity index (χ3n) is 4.94. The molecule has 1 amide bonds. The van der Waals surface area contributed by atoms with Gasteiger partial charge in [0.1, 0.15) is 5.41 Å². The summed E-state index contributed by atoms with van der Waals surface area (Å²) >= 11 is 1.69. The molecule has 0 atom stereocenters. The van der Waals surface area contributed by atoms with Crippen molar-refractivity contribution in [3.8, 4) is 6.07 Å². The molecule has 1 aliphatic heterocycles. The molecule has 1 aromatic rings. The molecule has 2 fully saturated rings. The molecule has 6 heteroatoms. The van der Waals surface area contributed by atoms with Gasteiger partial charge in [0.25, 0.3) is 0 Å². The molecule has 3 rings (SSSR count). The van der Waals surface area contributed by atoms with E-state index in [4.69, 9.17) is 0 Å². The monoisotopic (exact) mass is 332 g/mol. The quantitative estimate of drug-likeness (QED) is 0.900. The van der Waals surface area contributed by atoms with E-state index in [1.54, 1.807) is 11.3 Å². The number of nitrogens with zero attached hydrogens (tertiary/aromatic N) is 3. The molecular formula is C17H24N4OS. The first-order chi connectivity index (χ1) is 11.2. The largest absolute Gasteiger partial charge is 0.354 e. The maximum atomic E-state index is 12.4. The number of nitrogens with one attached hydrogen (secondary N) is 1. The zero-order valence-electron chi connectivity index (χ0n) is 13.5. The first kappa shape index (κ1) is 16.3. The molecule has 5 nitrogen and oxygen atoms in total. The zero-order valence-corrected chi connectivity index (χ0v) is 14.3. The average Bonchev–Trinajstić information content (AvgIpc) is 3.26. The average molecular weight is 332 g/mol. The van der Waals surface area contributed by atoms with Crippen LogP contribution in [-0.4, -0.2) is 30.5 Å². The highest BCUT2D eigenvalue weighted by atomic mass is 32.1. The van der Waals surface area contributed by atoms with Crippen molar-refractivity contribution in [3.05, 3.63) is 11.1 Å². The van der Waals surface area contributed by atoms with E-state index in [2.05, 4.69) is 26.6 Å². The van der Waals surface area contributed by atoms with E-state index < -0.39 is 5.41 Å². The lowest BCUT2D eigenvalue weighted by atomic mass is 9.74. The Kier molecular flexibility index (Phi) is 5.16. The summed E-state index contributed by atoms with van der Waals surface area (Å²) in [7, 11) is 0. The van der Waals surface area contributed by atoms with Gasteiger partial charge in [-0.15, -0.1) is 11.3 Å². The van der Waals surface area contributed by atoms with E-state index in [0.29, 0.717) is 19.4 Å².